The van der Waals surface area contributed by atoms with Crippen molar-refractivity contribution in [3.8, 4) is 11.5 Å². The molecule has 0 fully saturated rings. The minimum absolute atomic E-state index is 0.111. The van der Waals surface area contributed by atoms with E-state index < -0.39 is 50.5 Å². The minimum atomic E-state index is -5.41. The molecule has 210 valence electrons. The summed E-state index contributed by atoms with van der Waals surface area (Å²) < 4.78 is 108. The Bertz CT molecular complexity index is 743. The first-order valence-corrected chi connectivity index (χ1v) is 10.3. The highest BCUT2D eigenvalue weighted by molar-refractivity contribution is 5.39. The number of aliphatic hydroxyl groups excluding tert-OH is 3. The normalized spacial score (nSPS) is 14.5. The zero-order chi connectivity index (χ0) is 27.2. The first-order chi connectivity index (χ1) is 16.8. The van der Waals surface area contributed by atoms with Gasteiger partial charge in [-0.15, -0.1) is 8.78 Å². The van der Waals surface area contributed by atoms with Crippen LogP contribution in [0.1, 0.15) is 0 Å². The molecule has 0 aliphatic carbocycles. The molecular formula is C20H28F6O10. The Kier molecular flexibility index (Phi) is 13.7. The first kappa shape index (κ1) is 32.1. The van der Waals surface area contributed by atoms with E-state index in [1.54, 1.807) is 24.3 Å². The fourth-order valence-corrected chi connectivity index (χ4v) is 2.32. The van der Waals surface area contributed by atoms with Crippen molar-refractivity contribution < 1.29 is 74.8 Å². The van der Waals surface area contributed by atoms with Crippen molar-refractivity contribution in [1.29, 1.82) is 0 Å². The van der Waals surface area contributed by atoms with E-state index in [1.165, 1.54) is 7.11 Å². The molecule has 0 amide bonds. The SMILES string of the molecule is COc1ccccc1OCC(O)COCC(O)COCCOCC(F)(F)OC(F)(F)OC(F)(F)CO. The third-order valence-corrected chi connectivity index (χ3v) is 3.79. The van der Waals surface area contributed by atoms with Gasteiger partial charge in [0.2, 0.25) is 0 Å². The molecule has 1 aromatic carbocycles. The lowest BCUT2D eigenvalue weighted by Crippen LogP contribution is -2.43. The largest absolute Gasteiger partial charge is 0.495 e. The van der Waals surface area contributed by atoms with Gasteiger partial charge in [-0.25, -0.2) is 9.47 Å². The van der Waals surface area contributed by atoms with Gasteiger partial charge in [0.05, 0.1) is 40.1 Å². The molecule has 0 spiro atoms. The molecule has 0 saturated carbocycles. The standard InChI is InChI=1S/C20H28F6O10/c1-30-16-4-2-3-5-17(16)34-11-15(29)10-33-9-14(28)8-31-6-7-32-13-19(23,24)36-20(25,26)35-18(21,22)12-27/h2-5,14-15,27-29H,6-13H2,1H3. The van der Waals surface area contributed by atoms with Crippen molar-refractivity contribution >= 4 is 0 Å². The number of ether oxygens (including phenoxy) is 7. The highest BCUT2D eigenvalue weighted by Crippen LogP contribution is 2.33. The highest BCUT2D eigenvalue weighted by atomic mass is 19.3. The van der Waals surface area contributed by atoms with Crippen molar-refractivity contribution in [3.05, 3.63) is 24.3 Å². The summed E-state index contributed by atoms with van der Waals surface area (Å²) >= 11 is 0. The Balaban J connectivity index is 2.14. The van der Waals surface area contributed by atoms with Gasteiger partial charge in [-0.1, -0.05) is 12.1 Å². The Morgan fingerprint density at radius 2 is 1.28 bits per heavy atom. The number of methoxy groups -OCH3 is 1. The smallest absolute Gasteiger partial charge is 0.493 e. The molecule has 10 nitrogen and oxygen atoms in total. The molecule has 3 N–H and O–H groups in total. The van der Waals surface area contributed by atoms with Crippen LogP contribution in [0.2, 0.25) is 0 Å². The van der Waals surface area contributed by atoms with E-state index in [9.17, 15) is 36.6 Å². The van der Waals surface area contributed by atoms with Gasteiger partial charge >= 0.3 is 18.5 Å². The zero-order valence-electron chi connectivity index (χ0n) is 19.1. The molecule has 0 bridgehead atoms. The van der Waals surface area contributed by atoms with Crippen LogP contribution in [0.4, 0.5) is 26.3 Å². The Labute approximate surface area is 202 Å². The average Bonchev–Trinajstić information content (AvgIpc) is 2.78. The Morgan fingerprint density at radius 3 is 1.89 bits per heavy atom. The molecule has 0 aliphatic heterocycles. The van der Waals surface area contributed by atoms with Crippen LogP contribution >= 0.6 is 0 Å². The summed E-state index contributed by atoms with van der Waals surface area (Å²) in [6, 6.07) is 6.79. The van der Waals surface area contributed by atoms with Crippen molar-refractivity contribution in [1.82, 2.24) is 0 Å². The summed E-state index contributed by atoms with van der Waals surface area (Å²) in [4.78, 5) is 0. The maximum Gasteiger partial charge on any atom is 0.495 e. The van der Waals surface area contributed by atoms with E-state index in [4.69, 9.17) is 24.1 Å². The lowest BCUT2D eigenvalue weighted by Gasteiger charge is -2.25. The van der Waals surface area contributed by atoms with Crippen molar-refractivity contribution in [2.75, 3.05) is 60.0 Å². The molecule has 0 radical (unpaired) electrons. The summed E-state index contributed by atoms with van der Waals surface area (Å²) in [5.41, 5.74) is 0. The molecule has 1 rings (SSSR count). The summed E-state index contributed by atoms with van der Waals surface area (Å²) in [6.45, 7) is -5.67. The number of benzene rings is 1. The summed E-state index contributed by atoms with van der Waals surface area (Å²) in [6.07, 6.45) is -17.1. The maximum absolute atomic E-state index is 13.3. The molecule has 0 aliphatic rings. The number of halogens is 6. The molecular weight excluding hydrogens is 514 g/mol. The number of aliphatic hydroxyl groups is 3. The van der Waals surface area contributed by atoms with E-state index in [0.717, 1.165) is 0 Å². The quantitative estimate of drug-likeness (QED) is 0.127. The highest BCUT2D eigenvalue weighted by Gasteiger charge is 2.52. The van der Waals surface area contributed by atoms with Crippen LogP contribution in [-0.4, -0.2) is 106 Å². The van der Waals surface area contributed by atoms with Gasteiger partial charge in [0, 0.05) is 0 Å². The monoisotopic (exact) mass is 542 g/mol. The molecule has 36 heavy (non-hydrogen) atoms. The summed E-state index contributed by atoms with van der Waals surface area (Å²) in [5, 5.41) is 27.7. The van der Waals surface area contributed by atoms with Gasteiger partial charge < -0.3 is 39.0 Å². The Hall–Kier alpha value is -1.92. The summed E-state index contributed by atoms with van der Waals surface area (Å²) in [5.74, 6) is 0.900. The van der Waals surface area contributed by atoms with Gasteiger partial charge in [0.1, 0.15) is 32.0 Å². The molecule has 0 saturated heterocycles. The van der Waals surface area contributed by atoms with E-state index in [-0.39, 0.29) is 33.0 Å². The van der Waals surface area contributed by atoms with Crippen molar-refractivity contribution in [3.63, 3.8) is 0 Å². The van der Waals surface area contributed by atoms with Gasteiger partial charge in [-0.3, -0.25) is 0 Å². The van der Waals surface area contributed by atoms with Crippen LogP contribution in [0, 0.1) is 0 Å². The van der Waals surface area contributed by atoms with Crippen LogP contribution < -0.4 is 9.47 Å². The predicted octanol–water partition coefficient (Wildman–Crippen LogP) is 1.61. The van der Waals surface area contributed by atoms with E-state index in [1.807, 2.05) is 0 Å². The van der Waals surface area contributed by atoms with Gasteiger partial charge in [0.25, 0.3) is 0 Å². The Morgan fingerprint density at radius 1 is 0.750 bits per heavy atom. The molecule has 1 aromatic rings. The maximum atomic E-state index is 13.3. The number of hydrogen-bond acceptors (Lipinski definition) is 10. The van der Waals surface area contributed by atoms with E-state index in [2.05, 4.69) is 14.2 Å². The van der Waals surface area contributed by atoms with E-state index >= 15 is 0 Å². The van der Waals surface area contributed by atoms with Crippen molar-refractivity contribution in [2.45, 2.75) is 30.7 Å². The molecule has 2 atom stereocenters. The number of hydrogen-bond donors (Lipinski definition) is 3. The molecule has 2 unspecified atom stereocenters. The van der Waals surface area contributed by atoms with Crippen LogP contribution in [0.25, 0.3) is 0 Å². The van der Waals surface area contributed by atoms with Crippen LogP contribution in [0.15, 0.2) is 24.3 Å². The lowest BCUT2D eigenvalue weighted by molar-refractivity contribution is -0.517. The minimum Gasteiger partial charge on any atom is -0.493 e. The lowest BCUT2D eigenvalue weighted by atomic mass is 10.3. The van der Waals surface area contributed by atoms with E-state index in [0.29, 0.717) is 11.5 Å². The second-order valence-electron chi connectivity index (χ2n) is 7.03. The number of para-hydroxylation sites is 2. The molecule has 0 aromatic heterocycles. The predicted molar refractivity (Wildman–Crippen MR) is 107 cm³/mol. The summed E-state index contributed by atoms with van der Waals surface area (Å²) in [7, 11) is 1.46. The second-order valence-corrected chi connectivity index (χ2v) is 7.03. The number of rotatable bonds is 20. The molecule has 0 heterocycles. The van der Waals surface area contributed by atoms with Crippen LogP contribution in [-0.2, 0) is 23.7 Å². The average molecular weight is 542 g/mol. The van der Waals surface area contributed by atoms with Gasteiger partial charge in [0.15, 0.2) is 11.5 Å². The van der Waals surface area contributed by atoms with Gasteiger partial charge in [-0.05, 0) is 12.1 Å². The number of alkyl halides is 6. The fraction of sp³-hybridized carbons (Fsp3) is 0.700. The van der Waals surface area contributed by atoms with Crippen LogP contribution in [0.3, 0.4) is 0 Å². The van der Waals surface area contributed by atoms with Crippen molar-refractivity contribution in [2.24, 2.45) is 0 Å². The third kappa shape index (κ3) is 14.0. The zero-order valence-corrected chi connectivity index (χ0v) is 19.1. The first-order valence-electron chi connectivity index (χ1n) is 10.3. The third-order valence-electron chi connectivity index (χ3n) is 3.79. The molecule has 16 heteroatoms. The second kappa shape index (κ2) is 15.4. The topological polar surface area (TPSA) is 125 Å². The van der Waals surface area contributed by atoms with Gasteiger partial charge in [-0.2, -0.15) is 17.6 Å². The van der Waals surface area contributed by atoms with Crippen LogP contribution in [0.5, 0.6) is 11.5 Å². The fourth-order valence-electron chi connectivity index (χ4n) is 2.32.